The molecule has 1 aliphatic rings. The number of hydrogen-bond donors (Lipinski definition) is 2. The minimum Gasteiger partial charge on any atom is -0.384 e. The van der Waals surface area contributed by atoms with E-state index in [2.05, 4.69) is 29.1 Å². The van der Waals surface area contributed by atoms with Gasteiger partial charge in [0.05, 0.1) is 0 Å². The lowest BCUT2D eigenvalue weighted by molar-refractivity contribution is 0.128. The van der Waals surface area contributed by atoms with E-state index in [1.165, 1.54) is 25.7 Å². The fourth-order valence-corrected chi connectivity index (χ4v) is 3.18. The summed E-state index contributed by atoms with van der Waals surface area (Å²) in [4.78, 5) is 8.75. The molecule has 0 aromatic carbocycles. The number of nitrogens with zero attached hydrogens (tertiary/aromatic N) is 2. The van der Waals surface area contributed by atoms with Crippen LogP contribution in [0.1, 0.15) is 52.3 Å². The summed E-state index contributed by atoms with van der Waals surface area (Å²) < 4.78 is 5.37. The second-order valence-corrected chi connectivity index (χ2v) is 6.17. The Bertz CT molecular complexity index is 450. The molecule has 1 saturated carbocycles. The molecule has 0 aliphatic heterocycles. The number of ether oxygens (including phenoxy) is 1. The van der Waals surface area contributed by atoms with Gasteiger partial charge in [-0.1, -0.05) is 26.7 Å². The van der Waals surface area contributed by atoms with Crippen LogP contribution >= 0.6 is 0 Å². The van der Waals surface area contributed by atoms with E-state index in [9.17, 15) is 0 Å². The van der Waals surface area contributed by atoms with Crippen LogP contribution in [0.5, 0.6) is 0 Å². The van der Waals surface area contributed by atoms with Gasteiger partial charge >= 0.3 is 0 Å². The number of nitrogens with two attached hydrogens (primary N) is 1. The molecule has 2 rings (SSSR count). The van der Waals surface area contributed by atoms with Gasteiger partial charge in [0.25, 0.3) is 0 Å². The van der Waals surface area contributed by atoms with Gasteiger partial charge in [0, 0.05) is 18.7 Å². The zero-order valence-electron chi connectivity index (χ0n) is 13.4. The van der Waals surface area contributed by atoms with Gasteiger partial charge < -0.3 is 15.8 Å². The molecule has 1 aromatic heterocycles. The van der Waals surface area contributed by atoms with Crippen LogP contribution in [0.3, 0.4) is 0 Å². The Morgan fingerprint density at radius 2 is 2.10 bits per heavy atom. The molecule has 1 heterocycles. The molecule has 1 aromatic rings. The highest BCUT2D eigenvalue weighted by Gasteiger charge is 2.27. The van der Waals surface area contributed by atoms with Crippen LogP contribution in [-0.4, -0.2) is 22.6 Å². The number of nitrogens with one attached hydrogen (secondary N) is 1. The van der Waals surface area contributed by atoms with Crippen LogP contribution < -0.4 is 11.1 Å². The van der Waals surface area contributed by atoms with E-state index in [1.54, 1.807) is 0 Å². The zero-order chi connectivity index (χ0) is 15.2. The summed E-state index contributed by atoms with van der Waals surface area (Å²) >= 11 is 0. The van der Waals surface area contributed by atoms with E-state index in [1.807, 2.05) is 13.0 Å². The molecule has 1 aliphatic carbocycles. The van der Waals surface area contributed by atoms with Crippen LogP contribution in [0.25, 0.3) is 0 Å². The van der Waals surface area contributed by atoms with Crippen LogP contribution in [0.4, 0.5) is 11.6 Å². The third kappa shape index (κ3) is 4.56. The summed E-state index contributed by atoms with van der Waals surface area (Å²) in [5, 5.41) is 3.58. The molecular weight excluding hydrogens is 264 g/mol. The summed E-state index contributed by atoms with van der Waals surface area (Å²) in [6, 6.07) is 2.30. The smallest absolute Gasteiger partial charge is 0.158 e. The largest absolute Gasteiger partial charge is 0.384 e. The standard InChI is InChI=1S/C16H28N4O/c1-4-21-10-16-19-14(17)9-15(20-16)18-13-8-6-5-7-12(13)11(2)3/h9,11-13H,4-8,10H2,1-3H3,(H3,17,18,19,20). The highest BCUT2D eigenvalue weighted by molar-refractivity contribution is 5.45. The molecule has 21 heavy (non-hydrogen) atoms. The Labute approximate surface area is 127 Å². The molecule has 0 amide bonds. The highest BCUT2D eigenvalue weighted by atomic mass is 16.5. The van der Waals surface area contributed by atoms with E-state index in [4.69, 9.17) is 10.5 Å². The van der Waals surface area contributed by atoms with Crippen LogP contribution in [0, 0.1) is 11.8 Å². The van der Waals surface area contributed by atoms with E-state index >= 15 is 0 Å². The molecule has 2 atom stereocenters. The molecule has 2 unspecified atom stereocenters. The molecule has 5 nitrogen and oxygen atoms in total. The van der Waals surface area contributed by atoms with Crippen molar-refractivity contribution in [1.82, 2.24) is 9.97 Å². The number of hydrogen-bond acceptors (Lipinski definition) is 5. The first-order valence-electron chi connectivity index (χ1n) is 8.08. The fraction of sp³-hybridized carbons (Fsp3) is 0.750. The molecule has 0 bridgehead atoms. The third-order valence-corrected chi connectivity index (χ3v) is 4.24. The minimum atomic E-state index is 0.411. The van der Waals surface area contributed by atoms with Crippen molar-refractivity contribution in [3.8, 4) is 0 Å². The number of nitrogen functional groups attached to an aromatic ring is 1. The maximum absolute atomic E-state index is 5.88. The first-order valence-corrected chi connectivity index (χ1v) is 8.08. The number of aromatic nitrogens is 2. The Hall–Kier alpha value is -1.36. The van der Waals surface area contributed by atoms with Gasteiger partial charge in [-0.2, -0.15) is 0 Å². The monoisotopic (exact) mass is 292 g/mol. The number of anilines is 2. The van der Waals surface area contributed by atoms with Gasteiger partial charge in [0.15, 0.2) is 5.82 Å². The first kappa shape index (κ1) is 16.0. The minimum absolute atomic E-state index is 0.411. The van der Waals surface area contributed by atoms with Crippen molar-refractivity contribution >= 4 is 11.6 Å². The second-order valence-electron chi connectivity index (χ2n) is 6.17. The summed E-state index contributed by atoms with van der Waals surface area (Å²) in [5.41, 5.74) is 5.88. The predicted octanol–water partition coefficient (Wildman–Crippen LogP) is 3.22. The molecule has 0 spiro atoms. The lowest BCUT2D eigenvalue weighted by Gasteiger charge is -2.35. The normalized spacial score (nSPS) is 22.5. The van der Waals surface area contributed by atoms with Crippen molar-refractivity contribution in [3.63, 3.8) is 0 Å². The average Bonchev–Trinajstić information content (AvgIpc) is 2.45. The van der Waals surface area contributed by atoms with E-state index < -0.39 is 0 Å². The van der Waals surface area contributed by atoms with E-state index in [0.717, 1.165) is 5.82 Å². The van der Waals surface area contributed by atoms with Gasteiger partial charge in [0.2, 0.25) is 0 Å². The lowest BCUT2D eigenvalue weighted by Crippen LogP contribution is -2.35. The summed E-state index contributed by atoms with van der Waals surface area (Å²) in [5.74, 6) is 3.36. The quantitative estimate of drug-likeness (QED) is 0.842. The molecule has 118 valence electrons. The van der Waals surface area contributed by atoms with Crippen molar-refractivity contribution < 1.29 is 4.74 Å². The van der Waals surface area contributed by atoms with Gasteiger partial charge in [-0.3, -0.25) is 0 Å². The molecular formula is C16H28N4O. The molecule has 3 N–H and O–H groups in total. The van der Waals surface area contributed by atoms with Crippen LogP contribution in [0.15, 0.2) is 6.07 Å². The maximum Gasteiger partial charge on any atom is 0.158 e. The van der Waals surface area contributed by atoms with Crippen molar-refractivity contribution in [3.05, 3.63) is 11.9 Å². The van der Waals surface area contributed by atoms with Gasteiger partial charge in [-0.25, -0.2) is 9.97 Å². The van der Waals surface area contributed by atoms with Crippen molar-refractivity contribution in [2.75, 3.05) is 17.7 Å². The Morgan fingerprint density at radius 3 is 2.81 bits per heavy atom. The zero-order valence-corrected chi connectivity index (χ0v) is 13.4. The van der Waals surface area contributed by atoms with Crippen molar-refractivity contribution in [1.29, 1.82) is 0 Å². The van der Waals surface area contributed by atoms with Gasteiger partial charge in [0.1, 0.15) is 18.2 Å². The Balaban J connectivity index is 2.08. The lowest BCUT2D eigenvalue weighted by atomic mass is 9.78. The van der Waals surface area contributed by atoms with E-state index in [-0.39, 0.29) is 0 Å². The summed E-state index contributed by atoms with van der Waals surface area (Å²) in [7, 11) is 0. The van der Waals surface area contributed by atoms with Crippen molar-refractivity contribution in [2.45, 2.75) is 59.1 Å². The van der Waals surface area contributed by atoms with E-state index in [0.29, 0.717) is 42.7 Å². The first-order chi connectivity index (χ1) is 10.1. The fourth-order valence-electron chi connectivity index (χ4n) is 3.18. The second kappa shape index (κ2) is 7.59. The SMILES string of the molecule is CCOCc1nc(N)cc(NC2CCCCC2C(C)C)n1. The molecule has 1 fully saturated rings. The molecule has 5 heteroatoms. The van der Waals surface area contributed by atoms with Crippen molar-refractivity contribution in [2.24, 2.45) is 11.8 Å². The van der Waals surface area contributed by atoms with Gasteiger partial charge in [-0.05, 0) is 31.6 Å². The summed E-state index contributed by atoms with van der Waals surface area (Å²) in [6.45, 7) is 7.63. The predicted molar refractivity (Wildman–Crippen MR) is 86.0 cm³/mol. The Kier molecular flexibility index (Phi) is 5.79. The highest BCUT2D eigenvalue weighted by Crippen LogP contribution is 2.32. The van der Waals surface area contributed by atoms with Crippen LogP contribution in [-0.2, 0) is 11.3 Å². The molecule has 0 saturated heterocycles. The Morgan fingerprint density at radius 1 is 1.33 bits per heavy atom. The van der Waals surface area contributed by atoms with Gasteiger partial charge in [-0.15, -0.1) is 0 Å². The maximum atomic E-state index is 5.88. The molecule has 0 radical (unpaired) electrons. The topological polar surface area (TPSA) is 73.1 Å². The van der Waals surface area contributed by atoms with Crippen LogP contribution in [0.2, 0.25) is 0 Å². The third-order valence-electron chi connectivity index (χ3n) is 4.24. The number of rotatable bonds is 6. The average molecular weight is 292 g/mol. The summed E-state index contributed by atoms with van der Waals surface area (Å²) in [6.07, 6.45) is 5.12.